The number of hydrogen-bond donors (Lipinski definition) is 1. The SMILES string of the molecule is COc1ccc(CN2C3CC2CN(c2ccc(-c4ncnc5[nH]c(C6=CCOCC6)cc45)cn2)C3)cn1. The minimum absolute atomic E-state index is 0.543. The molecule has 0 spiro atoms. The number of piperidine rings is 1. The molecule has 4 aliphatic heterocycles. The first kappa shape index (κ1) is 22.4. The molecule has 188 valence electrons. The number of rotatable bonds is 6. The van der Waals surface area contributed by atoms with E-state index in [1.165, 1.54) is 17.6 Å². The molecule has 4 aromatic heterocycles. The molecule has 2 unspecified atom stereocenters. The van der Waals surface area contributed by atoms with Gasteiger partial charge >= 0.3 is 0 Å². The zero-order valence-corrected chi connectivity index (χ0v) is 20.8. The minimum atomic E-state index is 0.543. The molecule has 2 bridgehead atoms. The molecular formula is C28H29N7O2. The second-order valence-electron chi connectivity index (χ2n) is 9.96. The number of hydrogen-bond acceptors (Lipinski definition) is 8. The minimum Gasteiger partial charge on any atom is -0.481 e. The van der Waals surface area contributed by atoms with Gasteiger partial charge < -0.3 is 19.4 Å². The summed E-state index contributed by atoms with van der Waals surface area (Å²) in [6.45, 7) is 4.32. The number of methoxy groups -OCH3 is 1. The van der Waals surface area contributed by atoms with Crippen LogP contribution < -0.4 is 9.64 Å². The number of nitrogens with zero attached hydrogens (tertiary/aromatic N) is 6. The van der Waals surface area contributed by atoms with E-state index >= 15 is 0 Å². The van der Waals surface area contributed by atoms with Crippen molar-refractivity contribution in [1.29, 1.82) is 0 Å². The van der Waals surface area contributed by atoms with Gasteiger partial charge in [-0.3, -0.25) is 4.90 Å². The first-order chi connectivity index (χ1) is 18.2. The van der Waals surface area contributed by atoms with Crippen molar-refractivity contribution in [3.8, 4) is 17.1 Å². The normalized spacial score (nSPS) is 21.5. The van der Waals surface area contributed by atoms with Crippen molar-refractivity contribution >= 4 is 22.4 Å². The van der Waals surface area contributed by atoms with E-state index in [9.17, 15) is 0 Å². The third-order valence-corrected chi connectivity index (χ3v) is 7.80. The number of aromatic nitrogens is 5. The Hall–Kier alpha value is -3.82. The summed E-state index contributed by atoms with van der Waals surface area (Å²) >= 11 is 0. The summed E-state index contributed by atoms with van der Waals surface area (Å²) in [4.78, 5) is 26.7. The first-order valence-corrected chi connectivity index (χ1v) is 12.8. The van der Waals surface area contributed by atoms with E-state index in [1.807, 2.05) is 18.5 Å². The predicted octanol–water partition coefficient (Wildman–Crippen LogP) is 3.69. The lowest BCUT2D eigenvalue weighted by Crippen LogP contribution is -2.68. The Morgan fingerprint density at radius 2 is 1.97 bits per heavy atom. The van der Waals surface area contributed by atoms with E-state index in [2.05, 4.69) is 60.1 Å². The molecule has 0 saturated carbocycles. The van der Waals surface area contributed by atoms with Gasteiger partial charge in [0.1, 0.15) is 17.8 Å². The third-order valence-electron chi connectivity index (χ3n) is 7.80. The molecule has 37 heavy (non-hydrogen) atoms. The maximum atomic E-state index is 5.46. The van der Waals surface area contributed by atoms with Crippen LogP contribution in [0.2, 0.25) is 0 Å². The largest absolute Gasteiger partial charge is 0.481 e. The maximum absolute atomic E-state index is 5.46. The molecular weight excluding hydrogens is 466 g/mol. The Bertz CT molecular complexity index is 1440. The van der Waals surface area contributed by atoms with Crippen molar-refractivity contribution in [2.24, 2.45) is 0 Å². The fourth-order valence-corrected chi connectivity index (χ4v) is 5.80. The summed E-state index contributed by atoms with van der Waals surface area (Å²) < 4.78 is 10.6. The highest BCUT2D eigenvalue weighted by Crippen LogP contribution is 2.36. The predicted molar refractivity (Wildman–Crippen MR) is 141 cm³/mol. The van der Waals surface area contributed by atoms with Crippen LogP contribution in [0.1, 0.15) is 24.1 Å². The fraction of sp³-hybridized carbons (Fsp3) is 0.357. The summed E-state index contributed by atoms with van der Waals surface area (Å²) in [5, 5.41) is 1.02. The van der Waals surface area contributed by atoms with Crippen molar-refractivity contribution in [3.05, 3.63) is 66.4 Å². The van der Waals surface area contributed by atoms with Crippen molar-refractivity contribution in [3.63, 3.8) is 0 Å². The second-order valence-corrected chi connectivity index (χ2v) is 9.96. The molecule has 0 aliphatic carbocycles. The molecule has 4 aliphatic rings. The van der Waals surface area contributed by atoms with Crippen molar-refractivity contribution in [2.45, 2.75) is 31.5 Å². The summed E-state index contributed by atoms with van der Waals surface area (Å²) in [5.74, 6) is 1.68. The molecule has 0 amide bonds. The molecule has 2 atom stereocenters. The van der Waals surface area contributed by atoms with Gasteiger partial charge in [-0.25, -0.2) is 19.9 Å². The average Bonchev–Trinajstić information content (AvgIpc) is 3.42. The Morgan fingerprint density at radius 3 is 2.70 bits per heavy atom. The smallest absolute Gasteiger partial charge is 0.212 e. The molecule has 1 N–H and O–H groups in total. The van der Waals surface area contributed by atoms with E-state index in [0.717, 1.165) is 66.5 Å². The fourth-order valence-electron chi connectivity index (χ4n) is 5.80. The molecule has 4 aromatic rings. The average molecular weight is 496 g/mol. The van der Waals surface area contributed by atoms with Crippen LogP contribution in [-0.4, -0.2) is 75.3 Å². The number of ether oxygens (including phenoxy) is 2. The van der Waals surface area contributed by atoms with Gasteiger partial charge in [-0.05, 0) is 42.2 Å². The lowest BCUT2D eigenvalue weighted by atomic mass is 9.87. The zero-order valence-electron chi connectivity index (χ0n) is 20.8. The third kappa shape index (κ3) is 4.14. The highest BCUT2D eigenvalue weighted by Gasteiger charge is 2.44. The second kappa shape index (κ2) is 9.24. The van der Waals surface area contributed by atoms with E-state index in [4.69, 9.17) is 14.5 Å². The van der Waals surface area contributed by atoms with Crippen LogP contribution in [0.25, 0.3) is 27.9 Å². The summed E-state index contributed by atoms with van der Waals surface area (Å²) in [6, 6.07) is 11.5. The Labute approximate surface area is 215 Å². The molecule has 0 radical (unpaired) electrons. The lowest BCUT2D eigenvalue weighted by molar-refractivity contribution is -0.00876. The number of piperazine rings is 1. The number of anilines is 1. The Morgan fingerprint density at radius 1 is 1.05 bits per heavy atom. The number of nitrogens with one attached hydrogen (secondary N) is 1. The van der Waals surface area contributed by atoms with Crippen LogP contribution in [0.5, 0.6) is 5.88 Å². The molecule has 8 heterocycles. The molecule has 3 fully saturated rings. The highest BCUT2D eigenvalue weighted by atomic mass is 16.5. The van der Waals surface area contributed by atoms with Crippen molar-refractivity contribution < 1.29 is 9.47 Å². The Kier molecular flexibility index (Phi) is 5.59. The van der Waals surface area contributed by atoms with Crippen LogP contribution >= 0.6 is 0 Å². The standard InChI is InChI=1S/C28H29N7O2/c1-36-26-5-2-18(12-30-26)14-35-21-10-22(35)16-34(15-21)25-4-3-20(13-29-25)27-23-11-24(19-6-8-37-9-7-19)33-28(23)32-17-31-27/h2-6,11-13,17,21-22H,7-10,14-16H2,1H3,(H,31,32,33). The van der Waals surface area contributed by atoms with Gasteiger partial charge in [-0.15, -0.1) is 0 Å². The van der Waals surface area contributed by atoms with Gasteiger partial charge in [-0.1, -0.05) is 12.1 Å². The van der Waals surface area contributed by atoms with Gasteiger partial charge in [0.05, 0.1) is 26.0 Å². The van der Waals surface area contributed by atoms with Crippen LogP contribution in [-0.2, 0) is 11.3 Å². The van der Waals surface area contributed by atoms with Crippen molar-refractivity contribution in [2.75, 3.05) is 38.3 Å². The van der Waals surface area contributed by atoms with Crippen LogP contribution in [0.4, 0.5) is 5.82 Å². The van der Waals surface area contributed by atoms with Crippen LogP contribution in [0.15, 0.2) is 55.1 Å². The van der Waals surface area contributed by atoms with E-state index < -0.39 is 0 Å². The number of pyridine rings is 2. The van der Waals surface area contributed by atoms with Gasteiger partial charge in [0.2, 0.25) is 5.88 Å². The monoisotopic (exact) mass is 495 g/mol. The van der Waals surface area contributed by atoms with E-state index in [1.54, 1.807) is 13.4 Å². The summed E-state index contributed by atoms with van der Waals surface area (Å²) in [5.41, 5.74) is 6.33. The van der Waals surface area contributed by atoms with Gasteiger partial charge in [0, 0.05) is 66.8 Å². The van der Waals surface area contributed by atoms with Gasteiger partial charge in [0.25, 0.3) is 0 Å². The number of H-pyrrole nitrogens is 1. The first-order valence-electron chi connectivity index (χ1n) is 12.8. The van der Waals surface area contributed by atoms with Crippen LogP contribution in [0.3, 0.4) is 0 Å². The number of aromatic amines is 1. The molecule has 9 nitrogen and oxygen atoms in total. The molecule has 9 heteroatoms. The van der Waals surface area contributed by atoms with Gasteiger partial charge in [0.15, 0.2) is 0 Å². The van der Waals surface area contributed by atoms with Gasteiger partial charge in [-0.2, -0.15) is 0 Å². The molecule has 3 saturated heterocycles. The van der Waals surface area contributed by atoms with Crippen LogP contribution in [0, 0.1) is 0 Å². The maximum Gasteiger partial charge on any atom is 0.212 e. The van der Waals surface area contributed by atoms with E-state index in [-0.39, 0.29) is 0 Å². The van der Waals surface area contributed by atoms with E-state index in [0.29, 0.717) is 24.6 Å². The molecule has 0 aromatic carbocycles. The zero-order chi connectivity index (χ0) is 24.8. The summed E-state index contributed by atoms with van der Waals surface area (Å²) in [6.07, 6.45) is 9.76. The topological polar surface area (TPSA) is 92.3 Å². The van der Waals surface area contributed by atoms with Crippen molar-refractivity contribution in [1.82, 2.24) is 29.8 Å². The lowest BCUT2D eigenvalue weighted by Gasteiger charge is -2.56. The molecule has 8 rings (SSSR count). The highest BCUT2D eigenvalue weighted by molar-refractivity contribution is 5.93. The Balaban J connectivity index is 1.06. The number of fused-ring (bicyclic) bond motifs is 3. The quantitative estimate of drug-likeness (QED) is 0.433. The summed E-state index contributed by atoms with van der Waals surface area (Å²) in [7, 11) is 1.65.